The molecule has 0 aromatic carbocycles. The van der Waals surface area contributed by atoms with E-state index in [0.717, 1.165) is 32.2 Å². The summed E-state index contributed by atoms with van der Waals surface area (Å²) in [5.41, 5.74) is 5.79. The SMILES string of the molecule is CCC1COC(C)CN1C(=O)[C@@H]1CCC[C@@H]1CN. The van der Waals surface area contributed by atoms with Crippen molar-refractivity contribution in [2.75, 3.05) is 19.7 Å². The minimum Gasteiger partial charge on any atom is -0.375 e. The smallest absolute Gasteiger partial charge is 0.226 e. The number of hydrogen-bond acceptors (Lipinski definition) is 3. The topological polar surface area (TPSA) is 55.6 Å². The third kappa shape index (κ3) is 2.69. The second kappa shape index (κ2) is 6.02. The Morgan fingerprint density at radius 3 is 2.89 bits per heavy atom. The highest BCUT2D eigenvalue weighted by Crippen LogP contribution is 2.33. The summed E-state index contributed by atoms with van der Waals surface area (Å²) in [7, 11) is 0. The van der Waals surface area contributed by atoms with Crippen LogP contribution in [0.2, 0.25) is 0 Å². The molecule has 1 saturated heterocycles. The fourth-order valence-corrected chi connectivity index (χ4v) is 3.31. The summed E-state index contributed by atoms with van der Waals surface area (Å²) in [5.74, 6) is 0.882. The largest absolute Gasteiger partial charge is 0.375 e. The quantitative estimate of drug-likeness (QED) is 0.828. The van der Waals surface area contributed by atoms with Crippen LogP contribution in [0.25, 0.3) is 0 Å². The van der Waals surface area contributed by atoms with Crippen LogP contribution in [0, 0.1) is 11.8 Å². The molecule has 4 heteroatoms. The van der Waals surface area contributed by atoms with Crippen molar-refractivity contribution in [2.45, 2.75) is 51.7 Å². The van der Waals surface area contributed by atoms with Crippen LogP contribution in [0.4, 0.5) is 0 Å². The summed E-state index contributed by atoms with van der Waals surface area (Å²) >= 11 is 0. The van der Waals surface area contributed by atoms with Crippen molar-refractivity contribution in [2.24, 2.45) is 17.6 Å². The first-order valence-corrected chi connectivity index (χ1v) is 7.29. The van der Waals surface area contributed by atoms with E-state index in [4.69, 9.17) is 10.5 Å². The average Bonchev–Trinajstić information content (AvgIpc) is 2.86. The summed E-state index contributed by atoms with van der Waals surface area (Å²) in [4.78, 5) is 14.8. The molecule has 2 aliphatic rings. The van der Waals surface area contributed by atoms with Gasteiger partial charge < -0.3 is 15.4 Å². The van der Waals surface area contributed by atoms with Gasteiger partial charge in [0.1, 0.15) is 0 Å². The molecule has 0 radical (unpaired) electrons. The third-order valence-electron chi connectivity index (χ3n) is 4.50. The number of morpholine rings is 1. The van der Waals surface area contributed by atoms with Crippen molar-refractivity contribution in [3.8, 4) is 0 Å². The predicted octanol–water partition coefficient (Wildman–Crippen LogP) is 1.39. The van der Waals surface area contributed by atoms with Gasteiger partial charge in [0.15, 0.2) is 0 Å². The van der Waals surface area contributed by atoms with E-state index < -0.39 is 0 Å². The Labute approximate surface area is 110 Å². The number of rotatable bonds is 3. The molecule has 18 heavy (non-hydrogen) atoms. The zero-order valence-electron chi connectivity index (χ0n) is 11.6. The molecule has 0 aromatic rings. The Kier molecular flexibility index (Phi) is 4.62. The van der Waals surface area contributed by atoms with Gasteiger partial charge in [-0.15, -0.1) is 0 Å². The summed E-state index contributed by atoms with van der Waals surface area (Å²) in [5, 5.41) is 0. The molecule has 1 aliphatic heterocycles. The highest BCUT2D eigenvalue weighted by molar-refractivity contribution is 5.80. The Morgan fingerprint density at radius 2 is 2.22 bits per heavy atom. The van der Waals surface area contributed by atoms with E-state index in [0.29, 0.717) is 25.0 Å². The lowest BCUT2D eigenvalue weighted by Crippen LogP contribution is -2.53. The molecule has 4 nitrogen and oxygen atoms in total. The van der Waals surface area contributed by atoms with Crippen LogP contribution in [-0.2, 0) is 9.53 Å². The molecule has 1 heterocycles. The van der Waals surface area contributed by atoms with Gasteiger partial charge in [0.2, 0.25) is 5.91 Å². The molecular formula is C14H26N2O2. The third-order valence-corrected chi connectivity index (χ3v) is 4.50. The lowest BCUT2D eigenvalue weighted by Gasteiger charge is -2.40. The number of nitrogens with zero attached hydrogens (tertiary/aromatic N) is 1. The van der Waals surface area contributed by atoms with Gasteiger partial charge >= 0.3 is 0 Å². The molecule has 2 N–H and O–H groups in total. The molecule has 4 atom stereocenters. The van der Waals surface area contributed by atoms with Gasteiger partial charge in [0.05, 0.1) is 18.8 Å². The fourth-order valence-electron chi connectivity index (χ4n) is 3.31. The first-order chi connectivity index (χ1) is 8.67. The van der Waals surface area contributed by atoms with Gasteiger partial charge in [0, 0.05) is 12.5 Å². The minimum absolute atomic E-state index is 0.161. The van der Waals surface area contributed by atoms with Gasteiger partial charge in [-0.2, -0.15) is 0 Å². The number of carbonyl (C=O) groups is 1. The molecule has 0 aromatic heterocycles. The summed E-state index contributed by atoms with van der Waals surface area (Å²) in [6.45, 7) is 6.24. The number of ether oxygens (including phenoxy) is 1. The Morgan fingerprint density at radius 1 is 1.44 bits per heavy atom. The van der Waals surface area contributed by atoms with E-state index >= 15 is 0 Å². The highest BCUT2D eigenvalue weighted by atomic mass is 16.5. The van der Waals surface area contributed by atoms with Crippen molar-refractivity contribution in [1.82, 2.24) is 4.90 Å². The molecule has 2 fully saturated rings. The lowest BCUT2D eigenvalue weighted by atomic mass is 9.93. The first-order valence-electron chi connectivity index (χ1n) is 7.29. The van der Waals surface area contributed by atoms with Crippen LogP contribution in [0.1, 0.15) is 39.5 Å². The van der Waals surface area contributed by atoms with E-state index in [9.17, 15) is 4.79 Å². The maximum Gasteiger partial charge on any atom is 0.226 e. The Bertz CT molecular complexity index is 296. The molecule has 0 spiro atoms. The molecular weight excluding hydrogens is 228 g/mol. The fraction of sp³-hybridized carbons (Fsp3) is 0.929. The van der Waals surface area contributed by atoms with Crippen molar-refractivity contribution < 1.29 is 9.53 Å². The van der Waals surface area contributed by atoms with Crippen LogP contribution in [-0.4, -0.2) is 42.6 Å². The molecule has 2 rings (SSSR count). The minimum atomic E-state index is 0.161. The number of hydrogen-bond donors (Lipinski definition) is 1. The Balaban J connectivity index is 2.05. The maximum atomic E-state index is 12.7. The molecule has 1 saturated carbocycles. The van der Waals surface area contributed by atoms with E-state index in [-0.39, 0.29) is 18.1 Å². The van der Waals surface area contributed by atoms with Gasteiger partial charge in [-0.1, -0.05) is 13.3 Å². The van der Waals surface area contributed by atoms with Crippen LogP contribution in [0.15, 0.2) is 0 Å². The standard InChI is InChI=1S/C14H26N2O2/c1-3-12-9-18-10(2)8-16(12)14(17)13-6-4-5-11(13)7-15/h10-13H,3-9,15H2,1-2H3/t10?,11-,12?,13-/m1/s1. The van der Waals surface area contributed by atoms with Gasteiger partial charge in [-0.05, 0) is 38.6 Å². The summed E-state index contributed by atoms with van der Waals surface area (Å²) in [6, 6.07) is 0.257. The number of amides is 1. The first kappa shape index (κ1) is 13.8. The summed E-state index contributed by atoms with van der Waals surface area (Å²) < 4.78 is 5.66. The predicted molar refractivity (Wildman–Crippen MR) is 71.1 cm³/mol. The summed E-state index contributed by atoms with van der Waals surface area (Å²) in [6.07, 6.45) is 4.41. The average molecular weight is 254 g/mol. The molecule has 2 unspecified atom stereocenters. The van der Waals surface area contributed by atoms with E-state index in [1.165, 1.54) is 0 Å². The second-order valence-corrected chi connectivity index (χ2v) is 5.73. The zero-order valence-corrected chi connectivity index (χ0v) is 11.6. The lowest BCUT2D eigenvalue weighted by molar-refractivity contribution is -0.149. The van der Waals surface area contributed by atoms with Crippen LogP contribution in [0.3, 0.4) is 0 Å². The zero-order chi connectivity index (χ0) is 13.1. The van der Waals surface area contributed by atoms with E-state index in [1.54, 1.807) is 0 Å². The molecule has 104 valence electrons. The maximum absolute atomic E-state index is 12.7. The van der Waals surface area contributed by atoms with Crippen molar-refractivity contribution in [3.05, 3.63) is 0 Å². The number of nitrogens with two attached hydrogens (primary N) is 1. The number of carbonyl (C=O) groups excluding carboxylic acids is 1. The van der Waals surface area contributed by atoms with E-state index in [1.807, 2.05) is 6.92 Å². The van der Waals surface area contributed by atoms with E-state index in [2.05, 4.69) is 11.8 Å². The van der Waals surface area contributed by atoms with Gasteiger partial charge in [-0.3, -0.25) is 4.79 Å². The van der Waals surface area contributed by atoms with Crippen LogP contribution in [0.5, 0.6) is 0 Å². The van der Waals surface area contributed by atoms with Crippen molar-refractivity contribution in [3.63, 3.8) is 0 Å². The molecule has 1 aliphatic carbocycles. The van der Waals surface area contributed by atoms with Crippen LogP contribution < -0.4 is 5.73 Å². The molecule has 0 bridgehead atoms. The van der Waals surface area contributed by atoms with Crippen molar-refractivity contribution in [1.29, 1.82) is 0 Å². The monoisotopic (exact) mass is 254 g/mol. The van der Waals surface area contributed by atoms with Crippen LogP contribution >= 0.6 is 0 Å². The second-order valence-electron chi connectivity index (χ2n) is 5.73. The van der Waals surface area contributed by atoms with Gasteiger partial charge in [0.25, 0.3) is 0 Å². The van der Waals surface area contributed by atoms with Gasteiger partial charge in [-0.25, -0.2) is 0 Å². The Hall–Kier alpha value is -0.610. The molecule has 1 amide bonds. The van der Waals surface area contributed by atoms with Crippen molar-refractivity contribution >= 4 is 5.91 Å². The normalized spacial score (nSPS) is 36.9. The highest BCUT2D eigenvalue weighted by Gasteiger charge is 2.38.